The van der Waals surface area contributed by atoms with E-state index in [2.05, 4.69) is 18.2 Å². The van der Waals surface area contributed by atoms with Gasteiger partial charge in [-0.3, -0.25) is 4.90 Å². The molecule has 0 radical (unpaired) electrons. The van der Waals surface area contributed by atoms with Crippen LogP contribution in [-0.2, 0) is 25.9 Å². The molecule has 0 amide bonds. The summed E-state index contributed by atoms with van der Waals surface area (Å²) in [5.41, 5.74) is 4.84. The number of aryl methyl sites for hydroxylation is 1. The van der Waals surface area contributed by atoms with Crippen LogP contribution in [-0.4, -0.2) is 13.8 Å². The predicted molar refractivity (Wildman–Crippen MR) is 106 cm³/mol. The highest BCUT2D eigenvalue weighted by Gasteiger charge is 2.27. The Kier molecular flexibility index (Phi) is 4.32. The van der Waals surface area contributed by atoms with Crippen molar-refractivity contribution >= 4 is 11.0 Å². The van der Waals surface area contributed by atoms with Crippen LogP contribution in [0.2, 0.25) is 0 Å². The third kappa shape index (κ3) is 2.96. The molecule has 2 aromatic carbocycles. The minimum atomic E-state index is -0.169. The summed E-state index contributed by atoms with van der Waals surface area (Å²) in [7, 11) is 1.67. The molecule has 1 aliphatic heterocycles. The van der Waals surface area contributed by atoms with Crippen LogP contribution in [0.3, 0.4) is 0 Å². The number of benzene rings is 2. The molecule has 0 bridgehead atoms. The number of fused-ring (bicyclic) bond motifs is 5. The molecule has 1 atom stereocenters. The van der Waals surface area contributed by atoms with Crippen molar-refractivity contribution in [3.05, 3.63) is 69.1 Å². The van der Waals surface area contributed by atoms with Gasteiger partial charge in [-0.25, -0.2) is 4.79 Å². The number of quaternary nitrogens is 1. The van der Waals surface area contributed by atoms with Gasteiger partial charge in [-0.2, -0.15) is 0 Å². The first-order valence-corrected chi connectivity index (χ1v) is 9.92. The minimum absolute atomic E-state index is 0.169. The maximum Gasteiger partial charge on any atom is 0.339 e. The number of ether oxygens (including phenoxy) is 2. The van der Waals surface area contributed by atoms with Gasteiger partial charge in [0.15, 0.2) is 5.58 Å². The number of nitrogens with one attached hydrogen (secondary N) is 1. The lowest BCUT2D eigenvalue weighted by molar-refractivity contribution is -0.945. The summed E-state index contributed by atoms with van der Waals surface area (Å²) in [6.45, 7) is 2.22. The molecule has 0 spiro atoms. The van der Waals surface area contributed by atoms with E-state index in [1.54, 1.807) is 7.11 Å². The largest absolute Gasteiger partial charge is 0.497 e. The van der Waals surface area contributed by atoms with Crippen LogP contribution in [0.4, 0.5) is 0 Å². The van der Waals surface area contributed by atoms with Crippen molar-refractivity contribution < 1.29 is 18.8 Å². The van der Waals surface area contributed by atoms with Crippen LogP contribution in [0, 0.1) is 0 Å². The fraction of sp³-hybridized carbons (Fsp3) is 0.348. The molecule has 0 saturated carbocycles. The van der Waals surface area contributed by atoms with Gasteiger partial charge >= 0.3 is 5.63 Å². The smallest absolute Gasteiger partial charge is 0.339 e. The number of rotatable bonds is 3. The number of hydrogen-bond donors (Lipinski definition) is 1. The fourth-order valence-corrected chi connectivity index (χ4v) is 4.48. The summed E-state index contributed by atoms with van der Waals surface area (Å²) in [4.78, 5) is 13.9. The molecule has 5 heteroatoms. The zero-order valence-corrected chi connectivity index (χ0v) is 16.0. The molecule has 1 aromatic heterocycles. The Labute approximate surface area is 163 Å². The molecule has 1 N–H and O–H groups in total. The minimum Gasteiger partial charge on any atom is -0.497 e. The highest BCUT2D eigenvalue weighted by Crippen LogP contribution is 2.33. The summed E-state index contributed by atoms with van der Waals surface area (Å²) in [6.07, 6.45) is 3.99. The zero-order chi connectivity index (χ0) is 19.1. The first-order chi connectivity index (χ1) is 13.7. The van der Waals surface area contributed by atoms with Crippen LogP contribution in [0.25, 0.3) is 11.0 Å². The van der Waals surface area contributed by atoms with Crippen LogP contribution in [0.5, 0.6) is 11.5 Å². The normalized spacial score (nSPS) is 18.2. The summed E-state index contributed by atoms with van der Waals surface area (Å²) in [5.74, 6) is 1.70. The Morgan fingerprint density at radius 3 is 2.57 bits per heavy atom. The van der Waals surface area contributed by atoms with Gasteiger partial charge in [0.25, 0.3) is 0 Å². The lowest BCUT2D eigenvalue weighted by Gasteiger charge is -2.27. The lowest BCUT2D eigenvalue weighted by atomic mass is 9.90. The van der Waals surface area contributed by atoms with Gasteiger partial charge in [0, 0.05) is 16.5 Å². The molecule has 0 fully saturated rings. The Morgan fingerprint density at radius 2 is 1.79 bits per heavy atom. The van der Waals surface area contributed by atoms with Crippen LogP contribution >= 0.6 is 0 Å². The molecule has 3 aromatic rings. The van der Waals surface area contributed by atoms with E-state index in [9.17, 15) is 4.79 Å². The van der Waals surface area contributed by atoms with Crippen molar-refractivity contribution in [2.45, 2.75) is 38.8 Å². The Morgan fingerprint density at radius 1 is 1.00 bits per heavy atom. The van der Waals surface area contributed by atoms with Gasteiger partial charge in [-0.15, -0.1) is 0 Å². The summed E-state index contributed by atoms with van der Waals surface area (Å²) < 4.78 is 17.1. The van der Waals surface area contributed by atoms with Crippen molar-refractivity contribution in [1.29, 1.82) is 0 Å². The van der Waals surface area contributed by atoms with E-state index >= 15 is 0 Å². The molecular weight excluding hydrogens is 354 g/mol. The number of hydrogen-bond acceptors (Lipinski definition) is 4. The SMILES string of the molecule is COc1ccc(C[NH+]2COc3ccc4c5c(c(=O)oc4c3C2)CCCC5)cc1. The van der Waals surface area contributed by atoms with E-state index in [1.807, 2.05) is 18.2 Å². The molecule has 28 heavy (non-hydrogen) atoms. The Bertz CT molecular complexity index is 1080. The van der Waals surface area contributed by atoms with Crippen molar-refractivity contribution in [2.24, 2.45) is 0 Å². The molecule has 2 heterocycles. The predicted octanol–water partition coefficient (Wildman–Crippen LogP) is 2.62. The summed E-state index contributed by atoms with van der Waals surface area (Å²) in [5, 5.41) is 1.09. The molecule has 144 valence electrons. The summed E-state index contributed by atoms with van der Waals surface area (Å²) >= 11 is 0. The van der Waals surface area contributed by atoms with E-state index in [0.717, 1.165) is 72.4 Å². The zero-order valence-electron chi connectivity index (χ0n) is 16.0. The quantitative estimate of drug-likeness (QED) is 0.712. The molecule has 1 unspecified atom stereocenters. The molecule has 1 aliphatic carbocycles. The van der Waals surface area contributed by atoms with Crippen LogP contribution < -0.4 is 20.0 Å². The standard InChI is InChI=1S/C23H23NO4/c1-26-16-8-6-15(7-9-16)12-24-13-20-21(27-14-24)11-10-18-17-4-2-3-5-19(17)23(25)28-22(18)20/h6-11H,2-5,12-14H2,1H3/p+1. The van der Waals surface area contributed by atoms with Gasteiger partial charge in [0.1, 0.15) is 24.6 Å². The molecule has 2 aliphatic rings. The average molecular weight is 378 g/mol. The third-order valence-corrected chi connectivity index (χ3v) is 5.92. The van der Waals surface area contributed by atoms with Gasteiger partial charge in [-0.05, 0) is 67.6 Å². The van der Waals surface area contributed by atoms with E-state index in [0.29, 0.717) is 6.73 Å². The van der Waals surface area contributed by atoms with Crippen LogP contribution in [0.1, 0.15) is 35.1 Å². The van der Waals surface area contributed by atoms with E-state index in [1.165, 1.54) is 16.0 Å². The average Bonchev–Trinajstić information content (AvgIpc) is 2.74. The Hall–Kier alpha value is -2.79. The molecule has 5 rings (SSSR count). The van der Waals surface area contributed by atoms with Crippen LogP contribution in [0.15, 0.2) is 45.6 Å². The fourth-order valence-electron chi connectivity index (χ4n) is 4.48. The van der Waals surface area contributed by atoms with E-state index < -0.39 is 0 Å². The topological polar surface area (TPSA) is 53.1 Å². The second kappa shape index (κ2) is 6.99. The first kappa shape index (κ1) is 17.3. The van der Waals surface area contributed by atoms with Crippen molar-refractivity contribution in [3.8, 4) is 11.5 Å². The monoisotopic (exact) mass is 378 g/mol. The first-order valence-electron chi connectivity index (χ1n) is 9.92. The van der Waals surface area contributed by atoms with Crippen molar-refractivity contribution in [3.63, 3.8) is 0 Å². The molecule has 5 nitrogen and oxygen atoms in total. The number of methoxy groups -OCH3 is 1. The highest BCUT2D eigenvalue weighted by atomic mass is 16.5. The highest BCUT2D eigenvalue weighted by molar-refractivity contribution is 5.86. The summed E-state index contributed by atoms with van der Waals surface area (Å²) in [6, 6.07) is 12.2. The second-order valence-corrected chi connectivity index (χ2v) is 7.71. The Balaban J connectivity index is 1.50. The van der Waals surface area contributed by atoms with E-state index in [-0.39, 0.29) is 5.63 Å². The second-order valence-electron chi connectivity index (χ2n) is 7.71. The third-order valence-electron chi connectivity index (χ3n) is 5.92. The van der Waals surface area contributed by atoms with Gasteiger partial charge in [-0.1, -0.05) is 0 Å². The maximum absolute atomic E-state index is 12.6. The van der Waals surface area contributed by atoms with Gasteiger partial charge in [0.2, 0.25) is 6.73 Å². The lowest BCUT2D eigenvalue weighted by Crippen LogP contribution is -3.10. The van der Waals surface area contributed by atoms with Crippen molar-refractivity contribution in [2.75, 3.05) is 13.8 Å². The molecule has 0 saturated heterocycles. The van der Waals surface area contributed by atoms with Gasteiger partial charge in [0.05, 0.1) is 12.7 Å². The molecular formula is C23H24NO4+. The maximum atomic E-state index is 12.6. The van der Waals surface area contributed by atoms with E-state index in [4.69, 9.17) is 13.9 Å². The van der Waals surface area contributed by atoms with Gasteiger partial charge < -0.3 is 13.9 Å². The van der Waals surface area contributed by atoms with Crippen molar-refractivity contribution in [1.82, 2.24) is 0 Å².